The first-order chi connectivity index (χ1) is 10.1. The molecule has 1 unspecified atom stereocenters. The van der Waals surface area contributed by atoms with Crippen LogP contribution in [0.15, 0.2) is 12.1 Å². The largest absolute Gasteiger partial charge is 0.469 e. The van der Waals surface area contributed by atoms with E-state index in [0.717, 1.165) is 25.7 Å². The smallest absolute Gasteiger partial charge is 0.306 e. The molecule has 4 heteroatoms. The van der Waals surface area contributed by atoms with Crippen LogP contribution in [0.25, 0.3) is 0 Å². The molecule has 1 aromatic heterocycles. The van der Waals surface area contributed by atoms with Crippen LogP contribution in [0.1, 0.15) is 67.7 Å². The van der Waals surface area contributed by atoms with E-state index < -0.39 is 0 Å². The van der Waals surface area contributed by atoms with Crippen LogP contribution in [0.3, 0.4) is 0 Å². The molecule has 0 bridgehead atoms. The van der Waals surface area contributed by atoms with Crippen molar-refractivity contribution in [2.24, 2.45) is 11.1 Å². The third-order valence-electron chi connectivity index (χ3n) is 4.71. The van der Waals surface area contributed by atoms with Crippen LogP contribution in [0.4, 0.5) is 0 Å². The van der Waals surface area contributed by atoms with E-state index in [4.69, 9.17) is 10.5 Å². The van der Waals surface area contributed by atoms with E-state index in [1.807, 2.05) is 11.3 Å². The minimum Gasteiger partial charge on any atom is -0.469 e. The lowest BCUT2D eigenvalue weighted by Gasteiger charge is -2.38. The Bertz CT molecular complexity index is 463. The highest BCUT2D eigenvalue weighted by Crippen LogP contribution is 2.46. The van der Waals surface area contributed by atoms with E-state index in [9.17, 15) is 4.79 Å². The number of esters is 1. The second-order valence-corrected chi connectivity index (χ2v) is 7.48. The van der Waals surface area contributed by atoms with Crippen molar-refractivity contribution < 1.29 is 9.53 Å². The molecule has 1 atom stereocenters. The normalized spacial score (nSPS) is 19.2. The minimum atomic E-state index is -0.0930. The summed E-state index contributed by atoms with van der Waals surface area (Å²) in [5.74, 6) is -0.0930. The molecule has 0 amide bonds. The van der Waals surface area contributed by atoms with Crippen molar-refractivity contribution in [1.82, 2.24) is 0 Å². The van der Waals surface area contributed by atoms with Gasteiger partial charge in [0.05, 0.1) is 13.5 Å². The molecule has 1 heterocycles. The summed E-state index contributed by atoms with van der Waals surface area (Å²) in [6.07, 6.45) is 8.35. The Kier molecular flexibility index (Phi) is 5.82. The highest BCUT2D eigenvalue weighted by Gasteiger charge is 2.36. The molecule has 0 saturated heterocycles. The van der Waals surface area contributed by atoms with Crippen molar-refractivity contribution in [3.63, 3.8) is 0 Å². The Morgan fingerprint density at radius 1 is 1.38 bits per heavy atom. The van der Waals surface area contributed by atoms with E-state index in [-0.39, 0.29) is 17.4 Å². The van der Waals surface area contributed by atoms with Gasteiger partial charge >= 0.3 is 5.97 Å². The molecule has 0 radical (unpaired) electrons. The van der Waals surface area contributed by atoms with E-state index in [0.29, 0.717) is 6.42 Å². The van der Waals surface area contributed by atoms with Gasteiger partial charge in [0, 0.05) is 15.8 Å². The summed E-state index contributed by atoms with van der Waals surface area (Å²) in [6, 6.07) is 4.37. The molecular formula is C17H27NO2S. The summed E-state index contributed by atoms with van der Waals surface area (Å²) in [4.78, 5) is 14.4. The van der Waals surface area contributed by atoms with Gasteiger partial charge in [-0.25, -0.2) is 0 Å². The van der Waals surface area contributed by atoms with Gasteiger partial charge in [-0.05, 0) is 43.2 Å². The van der Waals surface area contributed by atoms with Crippen LogP contribution in [0.5, 0.6) is 0 Å². The zero-order chi connectivity index (χ0) is 15.3. The Hall–Kier alpha value is -0.870. The quantitative estimate of drug-likeness (QED) is 0.801. The van der Waals surface area contributed by atoms with E-state index in [1.54, 1.807) is 0 Å². The number of carbonyl (C=O) groups is 1. The maximum Gasteiger partial charge on any atom is 0.306 e. The van der Waals surface area contributed by atoms with Crippen molar-refractivity contribution in [2.45, 2.75) is 64.3 Å². The SMILES string of the molecule is CCc1ccc(C(N)CC2(CC(=O)OC)CCCCC2)s1. The molecule has 0 spiro atoms. The molecule has 1 saturated carbocycles. The lowest BCUT2D eigenvalue weighted by Crippen LogP contribution is -2.31. The summed E-state index contributed by atoms with van der Waals surface area (Å²) in [5.41, 5.74) is 6.50. The lowest BCUT2D eigenvalue weighted by atomic mass is 9.68. The third-order valence-corrected chi connectivity index (χ3v) is 6.07. The zero-order valence-electron chi connectivity index (χ0n) is 13.2. The summed E-state index contributed by atoms with van der Waals surface area (Å²) in [5, 5.41) is 0. The predicted molar refractivity (Wildman–Crippen MR) is 87.4 cm³/mol. The number of hydrogen-bond donors (Lipinski definition) is 1. The zero-order valence-corrected chi connectivity index (χ0v) is 14.0. The average Bonchev–Trinajstić information content (AvgIpc) is 2.97. The molecule has 3 nitrogen and oxygen atoms in total. The predicted octanol–water partition coefficient (Wildman–Crippen LogP) is 4.21. The molecule has 1 aromatic rings. The fourth-order valence-corrected chi connectivity index (χ4v) is 4.44. The van der Waals surface area contributed by atoms with E-state index in [2.05, 4.69) is 19.1 Å². The monoisotopic (exact) mass is 309 g/mol. The minimum absolute atomic E-state index is 0.0399. The Balaban J connectivity index is 2.08. The molecule has 2 N–H and O–H groups in total. The maximum atomic E-state index is 11.8. The van der Waals surface area contributed by atoms with Gasteiger partial charge in [0.2, 0.25) is 0 Å². The van der Waals surface area contributed by atoms with Crippen molar-refractivity contribution in [3.8, 4) is 0 Å². The summed E-state index contributed by atoms with van der Waals surface area (Å²) < 4.78 is 4.91. The Morgan fingerprint density at radius 2 is 2.10 bits per heavy atom. The maximum absolute atomic E-state index is 11.8. The van der Waals surface area contributed by atoms with Crippen LogP contribution >= 0.6 is 11.3 Å². The number of hydrogen-bond acceptors (Lipinski definition) is 4. The summed E-state index contributed by atoms with van der Waals surface area (Å²) in [7, 11) is 1.48. The van der Waals surface area contributed by atoms with Gasteiger partial charge < -0.3 is 10.5 Å². The van der Waals surface area contributed by atoms with Gasteiger partial charge in [0.25, 0.3) is 0 Å². The van der Waals surface area contributed by atoms with Crippen molar-refractivity contribution in [3.05, 3.63) is 21.9 Å². The topological polar surface area (TPSA) is 52.3 Å². The Labute approximate surface area is 131 Å². The van der Waals surface area contributed by atoms with Gasteiger partial charge in [-0.2, -0.15) is 0 Å². The molecule has 1 aliphatic carbocycles. The molecule has 21 heavy (non-hydrogen) atoms. The van der Waals surface area contributed by atoms with Crippen LogP contribution in [0.2, 0.25) is 0 Å². The first-order valence-corrected chi connectivity index (χ1v) is 8.81. The number of ether oxygens (including phenoxy) is 1. The van der Waals surface area contributed by atoms with Gasteiger partial charge in [-0.15, -0.1) is 11.3 Å². The number of rotatable bonds is 6. The summed E-state index contributed by atoms with van der Waals surface area (Å²) in [6.45, 7) is 2.17. The second kappa shape index (κ2) is 7.41. The summed E-state index contributed by atoms with van der Waals surface area (Å²) >= 11 is 1.81. The van der Waals surface area contributed by atoms with Gasteiger partial charge in [0.1, 0.15) is 0 Å². The fraction of sp³-hybridized carbons (Fsp3) is 0.706. The van der Waals surface area contributed by atoms with Crippen molar-refractivity contribution in [1.29, 1.82) is 0 Å². The lowest BCUT2D eigenvalue weighted by molar-refractivity contribution is -0.144. The molecule has 0 aromatic carbocycles. The first kappa shape index (κ1) is 16.5. The number of methoxy groups -OCH3 is 1. The highest BCUT2D eigenvalue weighted by molar-refractivity contribution is 7.12. The number of thiophene rings is 1. The van der Waals surface area contributed by atoms with Gasteiger partial charge in [0.15, 0.2) is 0 Å². The molecule has 0 aliphatic heterocycles. The fourth-order valence-electron chi connectivity index (χ4n) is 3.48. The van der Waals surface area contributed by atoms with Crippen LogP contribution < -0.4 is 5.73 Å². The third kappa shape index (κ3) is 4.30. The average molecular weight is 309 g/mol. The second-order valence-electron chi connectivity index (χ2n) is 6.28. The molecule has 2 rings (SSSR count). The number of aryl methyl sites for hydroxylation is 1. The standard InChI is InChI=1S/C17H27NO2S/c1-3-13-7-8-15(21-13)14(18)11-17(12-16(19)20-2)9-5-4-6-10-17/h7-8,14H,3-6,9-12,18H2,1-2H3. The molecule has 1 aliphatic rings. The first-order valence-electron chi connectivity index (χ1n) is 7.99. The van der Waals surface area contributed by atoms with Gasteiger partial charge in [-0.1, -0.05) is 26.2 Å². The van der Waals surface area contributed by atoms with Crippen molar-refractivity contribution >= 4 is 17.3 Å². The van der Waals surface area contributed by atoms with E-state index >= 15 is 0 Å². The number of nitrogens with two attached hydrogens (primary N) is 1. The molecule has 118 valence electrons. The molecular weight excluding hydrogens is 282 g/mol. The number of carbonyl (C=O) groups excluding carboxylic acids is 1. The Morgan fingerprint density at radius 3 is 2.67 bits per heavy atom. The van der Waals surface area contributed by atoms with Crippen LogP contribution in [-0.4, -0.2) is 13.1 Å². The molecule has 1 fully saturated rings. The van der Waals surface area contributed by atoms with Gasteiger partial charge in [-0.3, -0.25) is 4.79 Å². The highest BCUT2D eigenvalue weighted by atomic mass is 32.1. The van der Waals surface area contributed by atoms with Crippen LogP contribution in [0, 0.1) is 5.41 Å². The van der Waals surface area contributed by atoms with E-state index in [1.165, 1.54) is 36.1 Å². The van der Waals surface area contributed by atoms with Crippen LogP contribution in [-0.2, 0) is 16.0 Å². The van der Waals surface area contributed by atoms with Crippen molar-refractivity contribution in [2.75, 3.05) is 7.11 Å².